The maximum atomic E-state index is 9.21. The number of aliphatic hydroxyl groups excluding tert-OH is 1. The quantitative estimate of drug-likeness (QED) is 0.804. The van der Waals surface area contributed by atoms with Gasteiger partial charge in [-0.3, -0.25) is 0 Å². The molecule has 0 saturated carbocycles. The average molecular weight is 204 g/mol. The fourth-order valence-electron chi connectivity index (χ4n) is 1.70. The summed E-state index contributed by atoms with van der Waals surface area (Å²) in [7, 11) is 0. The van der Waals surface area contributed by atoms with Crippen LogP contribution >= 0.6 is 0 Å². The van der Waals surface area contributed by atoms with Gasteiger partial charge in [0.25, 0.3) is 0 Å². The van der Waals surface area contributed by atoms with Crippen LogP contribution in [0.15, 0.2) is 24.5 Å². The molecule has 3 heteroatoms. The van der Waals surface area contributed by atoms with Crippen molar-refractivity contribution < 1.29 is 5.11 Å². The van der Waals surface area contributed by atoms with Gasteiger partial charge in [0, 0.05) is 6.61 Å². The molecule has 1 heterocycles. The van der Waals surface area contributed by atoms with Gasteiger partial charge in [-0.2, -0.15) is 0 Å². The summed E-state index contributed by atoms with van der Waals surface area (Å²) >= 11 is 0. The number of H-pyrrole nitrogens is 1. The molecule has 0 amide bonds. The van der Waals surface area contributed by atoms with Crippen LogP contribution in [0.25, 0.3) is 11.0 Å². The number of nitrogens with one attached hydrogen (secondary N) is 1. The Hall–Kier alpha value is -1.35. The topological polar surface area (TPSA) is 48.9 Å². The summed E-state index contributed by atoms with van der Waals surface area (Å²) in [6.07, 6.45) is 2.57. The molecule has 0 aliphatic heterocycles. The molecule has 0 spiro atoms. The van der Waals surface area contributed by atoms with Crippen LogP contribution in [0.2, 0.25) is 0 Å². The second-order valence-corrected chi connectivity index (χ2v) is 4.75. The first-order valence-corrected chi connectivity index (χ1v) is 5.14. The monoisotopic (exact) mass is 204 g/mol. The summed E-state index contributed by atoms with van der Waals surface area (Å²) in [5, 5.41) is 9.21. The smallest absolute Gasteiger partial charge is 0.0931 e. The van der Waals surface area contributed by atoms with Crippen molar-refractivity contribution in [2.24, 2.45) is 5.41 Å². The van der Waals surface area contributed by atoms with Crippen LogP contribution in [0.5, 0.6) is 0 Å². The largest absolute Gasteiger partial charge is 0.396 e. The van der Waals surface area contributed by atoms with Gasteiger partial charge in [-0.05, 0) is 29.5 Å². The number of hydrogen-bond donors (Lipinski definition) is 2. The molecular weight excluding hydrogens is 188 g/mol. The lowest BCUT2D eigenvalue weighted by Gasteiger charge is -2.21. The minimum atomic E-state index is -0.0618. The van der Waals surface area contributed by atoms with Crippen LogP contribution in [0, 0.1) is 5.41 Å². The first kappa shape index (κ1) is 10.2. The van der Waals surface area contributed by atoms with Gasteiger partial charge in [-0.1, -0.05) is 19.9 Å². The van der Waals surface area contributed by atoms with Crippen LogP contribution in [0.1, 0.15) is 19.4 Å². The number of rotatable bonds is 3. The molecule has 0 saturated heterocycles. The van der Waals surface area contributed by atoms with Crippen molar-refractivity contribution in [2.75, 3.05) is 6.61 Å². The number of hydrogen-bond acceptors (Lipinski definition) is 2. The molecule has 0 fully saturated rings. The molecule has 2 N–H and O–H groups in total. The minimum Gasteiger partial charge on any atom is -0.396 e. The second-order valence-electron chi connectivity index (χ2n) is 4.75. The maximum Gasteiger partial charge on any atom is 0.0931 e. The van der Waals surface area contributed by atoms with Gasteiger partial charge in [0.05, 0.1) is 17.4 Å². The highest BCUT2D eigenvalue weighted by Crippen LogP contribution is 2.22. The number of aromatic amines is 1. The Balaban J connectivity index is 2.28. The highest BCUT2D eigenvalue weighted by atomic mass is 16.3. The Labute approximate surface area is 89.2 Å². The van der Waals surface area contributed by atoms with E-state index in [9.17, 15) is 5.11 Å². The van der Waals surface area contributed by atoms with E-state index in [1.165, 1.54) is 5.56 Å². The summed E-state index contributed by atoms with van der Waals surface area (Å²) in [5.41, 5.74) is 3.21. The fraction of sp³-hybridized carbons (Fsp3) is 0.417. The van der Waals surface area contributed by atoms with E-state index in [1.807, 2.05) is 6.07 Å². The highest BCUT2D eigenvalue weighted by molar-refractivity contribution is 5.75. The zero-order valence-electron chi connectivity index (χ0n) is 9.12. The van der Waals surface area contributed by atoms with E-state index in [0.29, 0.717) is 0 Å². The molecule has 0 aliphatic rings. The van der Waals surface area contributed by atoms with Gasteiger partial charge in [0.2, 0.25) is 0 Å². The van der Waals surface area contributed by atoms with E-state index < -0.39 is 0 Å². The molecule has 3 nitrogen and oxygen atoms in total. The molecule has 0 atom stereocenters. The van der Waals surface area contributed by atoms with Gasteiger partial charge in [0.15, 0.2) is 0 Å². The summed E-state index contributed by atoms with van der Waals surface area (Å²) in [4.78, 5) is 7.26. The Morgan fingerprint density at radius 2 is 2.20 bits per heavy atom. The molecule has 0 unspecified atom stereocenters. The Kier molecular flexibility index (Phi) is 2.49. The van der Waals surface area contributed by atoms with E-state index >= 15 is 0 Å². The number of fused-ring (bicyclic) bond motifs is 1. The van der Waals surface area contributed by atoms with Gasteiger partial charge in [-0.15, -0.1) is 0 Å². The number of imidazole rings is 1. The molecular formula is C12H16N2O. The van der Waals surface area contributed by atoms with E-state index in [0.717, 1.165) is 17.5 Å². The fourth-order valence-corrected chi connectivity index (χ4v) is 1.70. The molecule has 2 rings (SSSR count). The second kappa shape index (κ2) is 3.66. The lowest BCUT2D eigenvalue weighted by atomic mass is 9.87. The van der Waals surface area contributed by atoms with Crippen molar-refractivity contribution in [3.8, 4) is 0 Å². The van der Waals surface area contributed by atoms with Gasteiger partial charge in [-0.25, -0.2) is 4.98 Å². The van der Waals surface area contributed by atoms with Crippen LogP contribution in [0.4, 0.5) is 0 Å². The molecule has 2 aromatic rings. The van der Waals surface area contributed by atoms with E-state index in [4.69, 9.17) is 0 Å². The lowest BCUT2D eigenvalue weighted by molar-refractivity contribution is 0.159. The van der Waals surface area contributed by atoms with Gasteiger partial charge < -0.3 is 10.1 Å². The third-order valence-corrected chi connectivity index (χ3v) is 2.60. The molecule has 1 aromatic carbocycles. The Bertz CT molecular complexity index is 459. The summed E-state index contributed by atoms with van der Waals surface area (Å²) in [6.45, 7) is 4.32. The van der Waals surface area contributed by atoms with Crippen LogP contribution < -0.4 is 0 Å². The molecule has 15 heavy (non-hydrogen) atoms. The highest BCUT2D eigenvalue weighted by Gasteiger charge is 2.17. The first-order valence-electron chi connectivity index (χ1n) is 5.14. The lowest BCUT2D eigenvalue weighted by Crippen LogP contribution is -2.19. The predicted molar refractivity (Wildman–Crippen MR) is 60.7 cm³/mol. The van der Waals surface area contributed by atoms with Gasteiger partial charge >= 0.3 is 0 Å². The predicted octanol–water partition coefficient (Wildman–Crippen LogP) is 2.12. The van der Waals surface area contributed by atoms with Crippen LogP contribution in [0.3, 0.4) is 0 Å². The van der Waals surface area contributed by atoms with Crippen molar-refractivity contribution >= 4 is 11.0 Å². The third kappa shape index (κ3) is 2.18. The minimum absolute atomic E-state index is 0.0618. The number of nitrogens with zero attached hydrogens (tertiary/aromatic N) is 1. The molecule has 80 valence electrons. The standard InChI is InChI=1S/C12H16N2O/c1-12(2,7-15)6-9-3-4-10-11(5-9)14-8-13-10/h3-5,8,15H,6-7H2,1-2H3,(H,13,14). The molecule has 0 bridgehead atoms. The van der Waals surface area contributed by atoms with E-state index in [-0.39, 0.29) is 12.0 Å². The normalized spacial score (nSPS) is 12.2. The van der Waals surface area contributed by atoms with Gasteiger partial charge in [0.1, 0.15) is 0 Å². The van der Waals surface area contributed by atoms with Crippen molar-refractivity contribution in [1.82, 2.24) is 9.97 Å². The number of aliphatic hydroxyl groups is 1. The van der Waals surface area contributed by atoms with Crippen molar-refractivity contribution in [2.45, 2.75) is 20.3 Å². The third-order valence-electron chi connectivity index (χ3n) is 2.60. The SMILES string of the molecule is CC(C)(CO)Cc1ccc2nc[nH]c2c1. The number of benzene rings is 1. The van der Waals surface area contributed by atoms with Crippen molar-refractivity contribution in [3.05, 3.63) is 30.1 Å². The first-order chi connectivity index (χ1) is 7.11. The Morgan fingerprint density at radius 1 is 1.40 bits per heavy atom. The summed E-state index contributed by atoms with van der Waals surface area (Å²) in [6, 6.07) is 6.18. The summed E-state index contributed by atoms with van der Waals surface area (Å²) < 4.78 is 0. The van der Waals surface area contributed by atoms with E-state index in [1.54, 1.807) is 6.33 Å². The number of aromatic nitrogens is 2. The average Bonchev–Trinajstić information content (AvgIpc) is 2.64. The zero-order valence-corrected chi connectivity index (χ0v) is 9.12. The van der Waals surface area contributed by atoms with Crippen molar-refractivity contribution in [1.29, 1.82) is 0 Å². The molecule has 1 aromatic heterocycles. The maximum absolute atomic E-state index is 9.21. The van der Waals surface area contributed by atoms with Crippen molar-refractivity contribution in [3.63, 3.8) is 0 Å². The molecule has 0 aliphatic carbocycles. The van der Waals surface area contributed by atoms with E-state index in [2.05, 4.69) is 35.9 Å². The summed E-state index contributed by atoms with van der Waals surface area (Å²) in [5.74, 6) is 0. The zero-order chi connectivity index (χ0) is 10.9. The van der Waals surface area contributed by atoms with Crippen LogP contribution in [-0.4, -0.2) is 21.7 Å². The molecule has 0 radical (unpaired) electrons. The van der Waals surface area contributed by atoms with Crippen LogP contribution in [-0.2, 0) is 6.42 Å². The Morgan fingerprint density at radius 3 is 2.93 bits per heavy atom.